The van der Waals surface area contributed by atoms with Gasteiger partial charge in [0.2, 0.25) is 0 Å². The zero-order chi connectivity index (χ0) is 19.7. The molecule has 29 heavy (non-hydrogen) atoms. The molecule has 1 N–H and O–H groups in total. The van der Waals surface area contributed by atoms with Gasteiger partial charge in [0.05, 0.1) is 18.2 Å². The highest BCUT2D eigenvalue weighted by Crippen LogP contribution is 2.34. The molecule has 1 aromatic carbocycles. The molecular formula is C23H34ClN3O2. The van der Waals surface area contributed by atoms with Gasteiger partial charge in [-0.1, -0.05) is 31.4 Å². The molecule has 2 unspecified atom stereocenters. The predicted molar refractivity (Wildman–Crippen MR) is 120 cm³/mol. The molecule has 1 aliphatic carbocycles. The van der Waals surface area contributed by atoms with E-state index in [-0.39, 0.29) is 30.4 Å². The Labute approximate surface area is 180 Å². The molecule has 0 spiro atoms. The molecule has 1 saturated carbocycles. The number of carbonyl (C=O) groups excluding carboxylic acids is 1. The average Bonchev–Trinajstić information content (AvgIpc) is 3.07. The number of amides is 1. The number of hydrogen-bond acceptors (Lipinski definition) is 3. The van der Waals surface area contributed by atoms with Gasteiger partial charge in [-0.3, -0.25) is 4.79 Å². The van der Waals surface area contributed by atoms with Gasteiger partial charge < -0.3 is 19.5 Å². The molecule has 160 valence electrons. The second kappa shape index (κ2) is 9.40. The zero-order valence-corrected chi connectivity index (χ0v) is 18.6. The summed E-state index contributed by atoms with van der Waals surface area (Å²) < 4.78 is 7.97. The number of nitrogens with one attached hydrogen (secondary N) is 1. The summed E-state index contributed by atoms with van der Waals surface area (Å²) in [4.78, 5) is 15.6. The van der Waals surface area contributed by atoms with Crippen LogP contribution in [0, 0.1) is 5.92 Å². The van der Waals surface area contributed by atoms with E-state index in [0.717, 1.165) is 41.9 Å². The van der Waals surface area contributed by atoms with E-state index < -0.39 is 0 Å². The largest absolute Gasteiger partial charge is 0.495 e. The van der Waals surface area contributed by atoms with Crippen molar-refractivity contribution in [1.82, 2.24) is 14.8 Å². The lowest BCUT2D eigenvalue weighted by Gasteiger charge is -2.39. The van der Waals surface area contributed by atoms with Crippen LogP contribution in [0.5, 0.6) is 5.75 Å². The van der Waals surface area contributed by atoms with E-state index in [0.29, 0.717) is 5.92 Å². The van der Waals surface area contributed by atoms with Crippen molar-refractivity contribution in [2.45, 2.75) is 64.6 Å². The third-order valence-corrected chi connectivity index (χ3v) is 6.56. The molecule has 2 aliphatic rings. The lowest BCUT2D eigenvalue weighted by molar-refractivity contribution is 0.0546. The zero-order valence-electron chi connectivity index (χ0n) is 17.8. The normalized spacial score (nSPS) is 23.1. The van der Waals surface area contributed by atoms with Crippen molar-refractivity contribution in [2.75, 3.05) is 20.2 Å². The van der Waals surface area contributed by atoms with E-state index in [9.17, 15) is 4.79 Å². The van der Waals surface area contributed by atoms with Crippen molar-refractivity contribution in [3.8, 4) is 5.75 Å². The molecule has 2 heterocycles. The van der Waals surface area contributed by atoms with Crippen LogP contribution in [0.25, 0.3) is 10.9 Å². The predicted octanol–water partition coefficient (Wildman–Crippen LogP) is 4.47. The summed E-state index contributed by atoms with van der Waals surface area (Å²) in [6, 6.07) is 6.45. The SMILES string of the molecule is COc1cccc2c(C(=O)N3C(C)CNCC3C)cn(CC3CCCCC3)c12.Cl. The Morgan fingerprint density at radius 2 is 1.83 bits per heavy atom. The van der Waals surface area contributed by atoms with Crippen LogP contribution in [0.1, 0.15) is 56.3 Å². The number of carbonyl (C=O) groups is 1. The molecule has 2 aromatic rings. The summed E-state index contributed by atoms with van der Waals surface area (Å²) >= 11 is 0. The van der Waals surface area contributed by atoms with E-state index in [4.69, 9.17) is 4.74 Å². The van der Waals surface area contributed by atoms with Gasteiger partial charge in [-0.2, -0.15) is 0 Å². The van der Waals surface area contributed by atoms with Crippen LogP contribution in [0.3, 0.4) is 0 Å². The number of nitrogens with zero attached hydrogens (tertiary/aromatic N) is 2. The fourth-order valence-electron chi connectivity index (χ4n) is 5.12. The first-order valence-electron chi connectivity index (χ1n) is 10.8. The quantitative estimate of drug-likeness (QED) is 0.794. The average molecular weight is 420 g/mol. The third kappa shape index (κ3) is 4.26. The van der Waals surface area contributed by atoms with Gasteiger partial charge in [-0.05, 0) is 38.7 Å². The second-order valence-corrected chi connectivity index (χ2v) is 8.62. The van der Waals surface area contributed by atoms with Gasteiger partial charge in [0.15, 0.2) is 0 Å². The summed E-state index contributed by atoms with van der Waals surface area (Å²) in [7, 11) is 1.72. The highest BCUT2D eigenvalue weighted by molar-refractivity contribution is 6.08. The lowest BCUT2D eigenvalue weighted by atomic mass is 9.89. The molecule has 1 aliphatic heterocycles. The first kappa shape index (κ1) is 22.0. The van der Waals surface area contributed by atoms with Crippen molar-refractivity contribution in [3.63, 3.8) is 0 Å². The molecule has 6 heteroatoms. The van der Waals surface area contributed by atoms with Crippen LogP contribution in [0.15, 0.2) is 24.4 Å². The minimum Gasteiger partial charge on any atom is -0.495 e. The Kier molecular flexibility index (Phi) is 7.12. The lowest BCUT2D eigenvalue weighted by Crippen LogP contribution is -2.57. The van der Waals surface area contributed by atoms with Crippen molar-refractivity contribution >= 4 is 29.2 Å². The Bertz CT molecular complexity index is 834. The molecule has 1 amide bonds. The summed E-state index contributed by atoms with van der Waals surface area (Å²) in [5, 5.41) is 4.43. The van der Waals surface area contributed by atoms with Crippen molar-refractivity contribution < 1.29 is 9.53 Å². The summed E-state index contributed by atoms with van der Waals surface area (Å²) in [5.74, 6) is 1.69. The standard InChI is InChI=1S/C23H33N3O2.ClH/c1-16-12-24-13-17(2)26(16)23(27)20-15-25(14-18-8-5-4-6-9-18)22-19(20)10-7-11-21(22)28-3;/h7,10-11,15-18,24H,4-6,8-9,12-14H2,1-3H3;1H. The van der Waals surface area contributed by atoms with Gasteiger partial charge in [0.1, 0.15) is 5.75 Å². The molecule has 1 aromatic heterocycles. The number of ether oxygens (including phenoxy) is 1. The van der Waals surface area contributed by atoms with E-state index in [1.165, 1.54) is 32.1 Å². The van der Waals surface area contributed by atoms with Crippen LogP contribution in [-0.2, 0) is 6.54 Å². The monoisotopic (exact) mass is 419 g/mol. The first-order valence-corrected chi connectivity index (χ1v) is 10.8. The number of fused-ring (bicyclic) bond motifs is 1. The first-order chi connectivity index (χ1) is 13.6. The molecule has 0 bridgehead atoms. The Morgan fingerprint density at radius 1 is 1.14 bits per heavy atom. The smallest absolute Gasteiger partial charge is 0.256 e. The fraction of sp³-hybridized carbons (Fsp3) is 0.609. The molecule has 2 atom stereocenters. The third-order valence-electron chi connectivity index (χ3n) is 6.56. The topological polar surface area (TPSA) is 46.5 Å². The van der Waals surface area contributed by atoms with Crippen molar-refractivity contribution in [1.29, 1.82) is 0 Å². The van der Waals surface area contributed by atoms with Gasteiger partial charge in [-0.15, -0.1) is 12.4 Å². The summed E-state index contributed by atoms with van der Waals surface area (Å²) in [6.07, 6.45) is 8.65. The number of methoxy groups -OCH3 is 1. The number of para-hydroxylation sites is 1. The van der Waals surface area contributed by atoms with Crippen molar-refractivity contribution in [2.24, 2.45) is 5.92 Å². The molecule has 2 fully saturated rings. The fourth-order valence-corrected chi connectivity index (χ4v) is 5.12. The number of aromatic nitrogens is 1. The Hall–Kier alpha value is -1.72. The summed E-state index contributed by atoms with van der Waals surface area (Å²) in [6.45, 7) is 6.92. The van der Waals surface area contributed by atoms with Crippen LogP contribution < -0.4 is 10.1 Å². The minimum absolute atomic E-state index is 0. The summed E-state index contributed by atoms with van der Waals surface area (Å²) in [5.41, 5.74) is 1.87. The Balaban J connectivity index is 0.00000240. The van der Waals surface area contributed by atoms with E-state index in [1.807, 2.05) is 12.1 Å². The van der Waals surface area contributed by atoms with Gasteiger partial charge >= 0.3 is 0 Å². The maximum Gasteiger partial charge on any atom is 0.256 e. The number of halogens is 1. The molecule has 1 saturated heterocycles. The molecule has 0 radical (unpaired) electrons. The molecule has 4 rings (SSSR count). The number of rotatable bonds is 4. The van der Waals surface area contributed by atoms with E-state index in [1.54, 1.807) is 7.11 Å². The van der Waals surface area contributed by atoms with E-state index in [2.05, 4.69) is 40.9 Å². The maximum atomic E-state index is 13.6. The Morgan fingerprint density at radius 3 is 2.48 bits per heavy atom. The number of hydrogen-bond donors (Lipinski definition) is 1. The number of piperazine rings is 1. The van der Waals surface area contributed by atoms with Crippen molar-refractivity contribution in [3.05, 3.63) is 30.0 Å². The van der Waals surface area contributed by atoms with Crippen LogP contribution >= 0.6 is 12.4 Å². The van der Waals surface area contributed by atoms with Crippen LogP contribution in [0.4, 0.5) is 0 Å². The highest BCUT2D eigenvalue weighted by Gasteiger charge is 2.32. The second-order valence-electron chi connectivity index (χ2n) is 8.62. The van der Waals surface area contributed by atoms with Crippen LogP contribution in [0.2, 0.25) is 0 Å². The molecule has 5 nitrogen and oxygen atoms in total. The minimum atomic E-state index is 0. The van der Waals surface area contributed by atoms with Gasteiger partial charge in [0.25, 0.3) is 5.91 Å². The molecular weight excluding hydrogens is 386 g/mol. The van der Waals surface area contributed by atoms with Crippen LogP contribution in [-0.4, -0.2) is 47.7 Å². The highest BCUT2D eigenvalue weighted by atomic mass is 35.5. The van der Waals surface area contributed by atoms with E-state index >= 15 is 0 Å². The van der Waals surface area contributed by atoms with Gasteiger partial charge in [-0.25, -0.2) is 0 Å². The number of benzene rings is 1. The van der Waals surface area contributed by atoms with Gasteiger partial charge in [0, 0.05) is 43.3 Å². The maximum absolute atomic E-state index is 13.6.